The van der Waals surface area contributed by atoms with E-state index in [0.717, 1.165) is 18.5 Å². The van der Waals surface area contributed by atoms with Crippen LogP contribution in [-0.4, -0.2) is 43.5 Å². The van der Waals surface area contributed by atoms with Crippen LogP contribution < -0.4 is 10.6 Å². The van der Waals surface area contributed by atoms with Crippen LogP contribution in [0.1, 0.15) is 24.8 Å². The van der Waals surface area contributed by atoms with Gasteiger partial charge in [0.25, 0.3) is 5.92 Å². The molecule has 116 valence electrons. The number of nitrogens with one attached hydrogen (secondary N) is 2. The minimum absolute atomic E-state index is 0.0192. The summed E-state index contributed by atoms with van der Waals surface area (Å²) < 4.78 is 28.4. The molecular formula is C16H23F2N3. The predicted molar refractivity (Wildman–Crippen MR) is 79.3 cm³/mol. The molecule has 1 saturated carbocycles. The van der Waals surface area contributed by atoms with Crippen LogP contribution in [0.4, 0.5) is 8.78 Å². The van der Waals surface area contributed by atoms with Crippen LogP contribution in [0.15, 0.2) is 30.3 Å². The molecule has 3 unspecified atom stereocenters. The van der Waals surface area contributed by atoms with Crippen molar-refractivity contribution >= 4 is 0 Å². The first-order chi connectivity index (χ1) is 10.0. The number of benzene rings is 1. The molecule has 1 aromatic rings. The summed E-state index contributed by atoms with van der Waals surface area (Å²) in [5, 5.41) is 6.24. The maximum Gasteiger partial charge on any atom is 0.264 e. The molecule has 1 saturated heterocycles. The molecule has 1 heterocycles. The molecule has 3 atom stereocenters. The van der Waals surface area contributed by atoms with Gasteiger partial charge in [0.1, 0.15) is 5.66 Å². The van der Waals surface area contributed by atoms with Gasteiger partial charge in [0.2, 0.25) is 0 Å². The molecule has 3 rings (SSSR count). The summed E-state index contributed by atoms with van der Waals surface area (Å²) in [7, 11) is 3.60. The zero-order valence-electron chi connectivity index (χ0n) is 12.6. The van der Waals surface area contributed by atoms with Crippen molar-refractivity contribution in [3.05, 3.63) is 35.9 Å². The molecule has 2 aliphatic rings. The van der Waals surface area contributed by atoms with E-state index in [1.54, 1.807) is 7.05 Å². The van der Waals surface area contributed by atoms with Gasteiger partial charge in [0.15, 0.2) is 0 Å². The van der Waals surface area contributed by atoms with Gasteiger partial charge in [-0.25, -0.2) is 8.78 Å². The Morgan fingerprint density at radius 3 is 2.52 bits per heavy atom. The van der Waals surface area contributed by atoms with Crippen LogP contribution in [0.5, 0.6) is 0 Å². The van der Waals surface area contributed by atoms with Crippen molar-refractivity contribution in [1.82, 2.24) is 15.5 Å². The molecule has 0 radical (unpaired) electrons. The summed E-state index contributed by atoms with van der Waals surface area (Å²) in [4.78, 5) is 2.11. The fourth-order valence-corrected chi connectivity index (χ4v) is 3.71. The molecule has 2 fully saturated rings. The molecule has 0 spiro atoms. The van der Waals surface area contributed by atoms with Gasteiger partial charge in [-0.2, -0.15) is 0 Å². The second-order valence-electron chi connectivity index (χ2n) is 6.18. The number of hydrogen-bond donors (Lipinski definition) is 2. The summed E-state index contributed by atoms with van der Waals surface area (Å²) in [6.07, 6.45) is 1.35. The second kappa shape index (κ2) is 5.30. The Balaban J connectivity index is 1.86. The fraction of sp³-hybridized carbons (Fsp3) is 0.625. The molecule has 21 heavy (non-hydrogen) atoms. The van der Waals surface area contributed by atoms with E-state index in [1.807, 2.05) is 25.2 Å². The van der Waals surface area contributed by atoms with Crippen LogP contribution in [0.3, 0.4) is 0 Å². The summed E-state index contributed by atoms with van der Waals surface area (Å²) in [5.74, 6) is -2.64. The fourth-order valence-electron chi connectivity index (χ4n) is 3.71. The monoisotopic (exact) mass is 295 g/mol. The van der Waals surface area contributed by atoms with Crippen LogP contribution in [-0.2, 0) is 5.66 Å². The Hall–Kier alpha value is -1.04. The highest BCUT2D eigenvalue weighted by Crippen LogP contribution is 2.42. The highest BCUT2D eigenvalue weighted by atomic mass is 19.3. The Bertz CT molecular complexity index is 488. The average molecular weight is 295 g/mol. The van der Waals surface area contributed by atoms with Crippen LogP contribution in [0.2, 0.25) is 0 Å². The van der Waals surface area contributed by atoms with E-state index in [1.165, 1.54) is 0 Å². The first-order valence-corrected chi connectivity index (χ1v) is 7.60. The van der Waals surface area contributed by atoms with Crippen molar-refractivity contribution in [1.29, 1.82) is 0 Å². The standard InChI is InChI=1S/C16H23F2N3/c1-19-14-13(9-6-10-15(14,17)18)21(2)16(11-20-16)12-7-4-3-5-8-12/h3-5,7-8,13-14,19-20H,6,9-11H2,1-2H3. The lowest BCUT2D eigenvalue weighted by molar-refractivity contribution is -0.0972. The van der Waals surface area contributed by atoms with Crippen molar-refractivity contribution in [2.75, 3.05) is 20.6 Å². The minimum Gasteiger partial charge on any atom is -0.310 e. The maximum absolute atomic E-state index is 14.2. The maximum atomic E-state index is 14.2. The number of halogens is 2. The molecule has 0 amide bonds. The molecule has 3 nitrogen and oxygen atoms in total. The third kappa shape index (κ3) is 2.47. The summed E-state index contributed by atoms with van der Waals surface area (Å²) in [6, 6.07) is 9.13. The van der Waals surface area contributed by atoms with Crippen molar-refractivity contribution in [3.8, 4) is 0 Å². The SMILES string of the molecule is CNC1C(N(C)C2(c3ccccc3)CN2)CCCC1(F)F. The molecule has 2 N–H and O–H groups in total. The van der Waals surface area contributed by atoms with E-state index < -0.39 is 12.0 Å². The van der Waals surface area contributed by atoms with Crippen molar-refractivity contribution in [2.45, 2.75) is 42.9 Å². The minimum atomic E-state index is -2.64. The lowest BCUT2D eigenvalue weighted by Crippen LogP contribution is -2.61. The summed E-state index contributed by atoms with van der Waals surface area (Å²) in [6.45, 7) is 0.812. The first kappa shape index (κ1) is 14.9. The van der Waals surface area contributed by atoms with Gasteiger partial charge >= 0.3 is 0 Å². The third-order valence-electron chi connectivity index (χ3n) is 5.02. The molecule has 0 aromatic heterocycles. The Morgan fingerprint density at radius 2 is 1.95 bits per heavy atom. The van der Waals surface area contributed by atoms with Crippen molar-refractivity contribution < 1.29 is 8.78 Å². The van der Waals surface area contributed by atoms with E-state index in [2.05, 4.69) is 27.7 Å². The predicted octanol–water partition coefficient (Wildman–Crippen LogP) is 2.15. The normalized spacial score (nSPS) is 34.9. The first-order valence-electron chi connectivity index (χ1n) is 7.60. The highest BCUT2D eigenvalue weighted by molar-refractivity contribution is 5.30. The molecule has 1 aromatic carbocycles. The van der Waals surface area contributed by atoms with Gasteiger partial charge < -0.3 is 5.32 Å². The Labute approximate surface area is 124 Å². The quantitative estimate of drug-likeness (QED) is 0.836. The van der Waals surface area contributed by atoms with Gasteiger partial charge in [-0.15, -0.1) is 0 Å². The topological polar surface area (TPSA) is 37.2 Å². The molecule has 1 aliphatic carbocycles. The van der Waals surface area contributed by atoms with E-state index in [9.17, 15) is 8.78 Å². The zero-order chi connectivity index (χ0) is 15.1. The molecular weight excluding hydrogens is 272 g/mol. The number of rotatable bonds is 4. The van der Waals surface area contributed by atoms with Gasteiger partial charge in [-0.1, -0.05) is 30.3 Å². The number of alkyl halides is 2. The Kier molecular flexibility index (Phi) is 3.76. The van der Waals surface area contributed by atoms with Gasteiger partial charge in [0.05, 0.1) is 6.04 Å². The second-order valence-corrected chi connectivity index (χ2v) is 6.18. The zero-order valence-corrected chi connectivity index (χ0v) is 12.6. The molecule has 1 aliphatic heterocycles. The van der Waals surface area contributed by atoms with Crippen LogP contribution >= 0.6 is 0 Å². The van der Waals surface area contributed by atoms with E-state index in [0.29, 0.717) is 6.42 Å². The third-order valence-corrected chi connectivity index (χ3v) is 5.02. The van der Waals surface area contributed by atoms with E-state index in [-0.39, 0.29) is 18.1 Å². The lowest BCUT2D eigenvalue weighted by atomic mass is 9.85. The van der Waals surface area contributed by atoms with E-state index >= 15 is 0 Å². The number of hydrogen-bond acceptors (Lipinski definition) is 3. The van der Waals surface area contributed by atoms with Gasteiger partial charge in [0, 0.05) is 19.0 Å². The van der Waals surface area contributed by atoms with Gasteiger partial charge in [-0.05, 0) is 32.5 Å². The number of likely N-dealkylation sites (N-methyl/N-ethyl adjacent to an activating group) is 2. The summed E-state index contributed by atoms with van der Waals surface area (Å²) in [5.41, 5.74) is 0.866. The number of nitrogens with zero attached hydrogens (tertiary/aromatic N) is 1. The van der Waals surface area contributed by atoms with Crippen LogP contribution in [0, 0.1) is 0 Å². The highest BCUT2D eigenvalue weighted by Gasteiger charge is 2.55. The summed E-state index contributed by atoms with van der Waals surface area (Å²) >= 11 is 0. The largest absolute Gasteiger partial charge is 0.310 e. The van der Waals surface area contributed by atoms with Crippen molar-refractivity contribution in [3.63, 3.8) is 0 Å². The molecule has 5 heteroatoms. The van der Waals surface area contributed by atoms with Gasteiger partial charge in [-0.3, -0.25) is 10.2 Å². The van der Waals surface area contributed by atoms with Crippen LogP contribution in [0.25, 0.3) is 0 Å². The molecule has 0 bridgehead atoms. The van der Waals surface area contributed by atoms with E-state index in [4.69, 9.17) is 0 Å². The lowest BCUT2D eigenvalue weighted by Gasteiger charge is -2.45. The smallest absolute Gasteiger partial charge is 0.264 e. The Morgan fingerprint density at radius 1 is 1.29 bits per heavy atom. The average Bonchev–Trinajstić information content (AvgIpc) is 3.28. The van der Waals surface area contributed by atoms with Crippen molar-refractivity contribution in [2.24, 2.45) is 0 Å².